The number of thiazole rings is 1. The molecule has 0 atom stereocenters. The number of ether oxygens (including phenoxy) is 1. The maximum Gasteiger partial charge on any atom is 0.140 e. The van der Waals surface area contributed by atoms with E-state index < -0.39 is 0 Å². The van der Waals surface area contributed by atoms with Gasteiger partial charge in [0.05, 0.1) is 10.6 Å². The molecule has 0 aliphatic carbocycles. The molecule has 0 unspecified atom stereocenters. The number of nitrogens with zero attached hydrogens (tertiary/aromatic N) is 1. The summed E-state index contributed by atoms with van der Waals surface area (Å²) in [6, 6.07) is 5.84. The Balaban J connectivity index is 2.07. The van der Waals surface area contributed by atoms with Gasteiger partial charge >= 0.3 is 0 Å². The molecule has 1 aromatic carbocycles. The molecule has 3 N–H and O–H groups in total. The summed E-state index contributed by atoms with van der Waals surface area (Å²) >= 11 is 1.37. The Kier molecular flexibility index (Phi) is 4.68. The van der Waals surface area contributed by atoms with Crippen molar-refractivity contribution in [3.8, 4) is 5.75 Å². The third kappa shape index (κ3) is 3.54. The van der Waals surface area contributed by atoms with Crippen LogP contribution in [0.4, 0.5) is 4.39 Å². The molecule has 2 rings (SSSR count). The molecule has 20 heavy (non-hydrogen) atoms. The van der Waals surface area contributed by atoms with Crippen LogP contribution in [0.3, 0.4) is 0 Å². The fourth-order valence-corrected chi connectivity index (χ4v) is 2.64. The van der Waals surface area contributed by atoms with Gasteiger partial charge in [-0.25, -0.2) is 9.37 Å². The van der Waals surface area contributed by atoms with E-state index in [4.69, 9.17) is 15.9 Å². The topological polar surface area (TPSA) is 72.0 Å². The van der Waals surface area contributed by atoms with E-state index in [9.17, 15) is 4.39 Å². The maximum absolute atomic E-state index is 12.8. The highest BCUT2D eigenvalue weighted by molar-refractivity contribution is 7.13. The molecule has 0 aliphatic rings. The van der Waals surface area contributed by atoms with Crippen LogP contribution in [0.15, 0.2) is 24.3 Å². The molecule has 0 spiro atoms. The van der Waals surface area contributed by atoms with Crippen molar-refractivity contribution in [3.05, 3.63) is 45.7 Å². The smallest absolute Gasteiger partial charge is 0.140 e. The molecule has 0 radical (unpaired) electrons. The van der Waals surface area contributed by atoms with Crippen LogP contribution in [0.5, 0.6) is 5.75 Å². The number of hydrogen-bond acceptors (Lipinski definition) is 4. The fourth-order valence-electron chi connectivity index (χ4n) is 1.76. The van der Waals surface area contributed by atoms with Gasteiger partial charge in [0.25, 0.3) is 0 Å². The number of nitrogens with two attached hydrogens (primary N) is 1. The van der Waals surface area contributed by atoms with E-state index in [0.717, 1.165) is 23.5 Å². The molecule has 6 heteroatoms. The first-order chi connectivity index (χ1) is 9.60. The second-order valence-electron chi connectivity index (χ2n) is 4.29. The van der Waals surface area contributed by atoms with Crippen LogP contribution in [0.2, 0.25) is 0 Å². The highest BCUT2D eigenvalue weighted by Gasteiger charge is 2.13. The minimum Gasteiger partial charge on any atom is -0.486 e. The third-order valence-corrected chi connectivity index (χ3v) is 3.75. The maximum atomic E-state index is 12.8. The number of aryl methyl sites for hydroxylation is 1. The average molecular weight is 293 g/mol. The van der Waals surface area contributed by atoms with Gasteiger partial charge in [-0.15, -0.1) is 11.3 Å². The average Bonchev–Trinajstić information content (AvgIpc) is 2.82. The fraction of sp³-hybridized carbons (Fsp3) is 0.286. The lowest BCUT2D eigenvalue weighted by Crippen LogP contribution is -2.11. The van der Waals surface area contributed by atoms with E-state index in [1.165, 1.54) is 23.5 Å². The zero-order valence-corrected chi connectivity index (χ0v) is 12.0. The second-order valence-corrected chi connectivity index (χ2v) is 5.37. The standard InChI is InChI=1S/C14H16FN3OS/c1-2-3-11-13(14(16)17)20-12(18-11)8-19-10-6-4-9(15)5-7-10/h4-7H,2-3,8H2,1H3,(H3,16,17). The molecule has 0 bridgehead atoms. The lowest BCUT2D eigenvalue weighted by atomic mass is 10.2. The number of nitrogens with one attached hydrogen (secondary N) is 1. The predicted octanol–water partition coefficient (Wildman–Crippen LogP) is 3.10. The first-order valence-electron chi connectivity index (χ1n) is 6.31. The number of nitrogen functional groups attached to an aromatic ring is 1. The zero-order chi connectivity index (χ0) is 14.5. The van der Waals surface area contributed by atoms with E-state index >= 15 is 0 Å². The van der Waals surface area contributed by atoms with Crippen LogP contribution in [-0.4, -0.2) is 10.8 Å². The summed E-state index contributed by atoms with van der Waals surface area (Å²) < 4.78 is 18.3. The van der Waals surface area contributed by atoms with Crippen LogP contribution in [-0.2, 0) is 13.0 Å². The van der Waals surface area contributed by atoms with E-state index in [-0.39, 0.29) is 11.7 Å². The number of halogens is 1. The Morgan fingerprint density at radius 1 is 1.40 bits per heavy atom. The number of aromatic nitrogens is 1. The summed E-state index contributed by atoms with van der Waals surface area (Å²) in [6.07, 6.45) is 1.74. The Labute approximate surface area is 120 Å². The molecule has 0 aliphatic heterocycles. The Morgan fingerprint density at radius 3 is 2.70 bits per heavy atom. The minimum absolute atomic E-state index is 0.0407. The molecule has 0 saturated heterocycles. The molecule has 2 aromatic rings. The monoisotopic (exact) mass is 293 g/mol. The first-order valence-corrected chi connectivity index (χ1v) is 7.13. The Morgan fingerprint density at radius 2 is 2.10 bits per heavy atom. The van der Waals surface area contributed by atoms with Gasteiger partial charge in [-0.05, 0) is 30.7 Å². The van der Waals surface area contributed by atoms with Gasteiger partial charge < -0.3 is 10.5 Å². The van der Waals surface area contributed by atoms with Gasteiger partial charge in [-0.2, -0.15) is 0 Å². The number of amidine groups is 1. The Bertz CT molecular complexity index is 595. The SMILES string of the molecule is CCCc1nc(COc2ccc(F)cc2)sc1C(=N)N. The Hall–Kier alpha value is -1.95. The summed E-state index contributed by atoms with van der Waals surface area (Å²) in [4.78, 5) is 5.16. The molecular weight excluding hydrogens is 277 g/mol. The van der Waals surface area contributed by atoms with Crippen LogP contribution in [0, 0.1) is 11.2 Å². The third-order valence-electron chi connectivity index (χ3n) is 2.65. The molecule has 4 nitrogen and oxygen atoms in total. The largest absolute Gasteiger partial charge is 0.486 e. The molecule has 0 amide bonds. The van der Waals surface area contributed by atoms with Crippen molar-refractivity contribution >= 4 is 17.2 Å². The van der Waals surface area contributed by atoms with Crippen molar-refractivity contribution in [2.24, 2.45) is 5.73 Å². The van der Waals surface area contributed by atoms with Crippen molar-refractivity contribution in [2.45, 2.75) is 26.4 Å². The van der Waals surface area contributed by atoms with Crippen molar-refractivity contribution < 1.29 is 9.13 Å². The predicted molar refractivity (Wildman–Crippen MR) is 77.9 cm³/mol. The molecule has 0 saturated carbocycles. The van der Waals surface area contributed by atoms with Crippen molar-refractivity contribution in [2.75, 3.05) is 0 Å². The molecule has 0 fully saturated rings. The number of benzene rings is 1. The molecule has 1 aromatic heterocycles. The minimum atomic E-state index is -0.296. The van der Waals surface area contributed by atoms with E-state index in [1.54, 1.807) is 12.1 Å². The van der Waals surface area contributed by atoms with E-state index in [1.807, 2.05) is 0 Å². The van der Waals surface area contributed by atoms with Crippen molar-refractivity contribution in [1.29, 1.82) is 5.41 Å². The van der Waals surface area contributed by atoms with Gasteiger partial charge in [-0.1, -0.05) is 13.3 Å². The van der Waals surface area contributed by atoms with Gasteiger partial charge in [0.15, 0.2) is 0 Å². The molecular formula is C14H16FN3OS. The van der Waals surface area contributed by atoms with Gasteiger partial charge in [0.1, 0.15) is 29.0 Å². The second kappa shape index (κ2) is 6.47. The van der Waals surface area contributed by atoms with E-state index in [0.29, 0.717) is 17.2 Å². The highest BCUT2D eigenvalue weighted by Crippen LogP contribution is 2.21. The summed E-state index contributed by atoms with van der Waals surface area (Å²) in [6.45, 7) is 2.35. The van der Waals surface area contributed by atoms with Crippen LogP contribution in [0.25, 0.3) is 0 Å². The summed E-state index contributed by atoms with van der Waals surface area (Å²) in [5.74, 6) is 0.331. The normalized spacial score (nSPS) is 10.5. The first kappa shape index (κ1) is 14.5. The number of hydrogen-bond donors (Lipinski definition) is 2. The van der Waals surface area contributed by atoms with Crippen LogP contribution < -0.4 is 10.5 Å². The van der Waals surface area contributed by atoms with Crippen LogP contribution >= 0.6 is 11.3 Å². The van der Waals surface area contributed by atoms with Crippen molar-refractivity contribution in [3.63, 3.8) is 0 Å². The van der Waals surface area contributed by atoms with Gasteiger partial charge in [0, 0.05) is 0 Å². The summed E-state index contributed by atoms with van der Waals surface area (Å²) in [5, 5.41) is 8.32. The van der Waals surface area contributed by atoms with Crippen LogP contribution in [0.1, 0.15) is 28.9 Å². The quantitative estimate of drug-likeness (QED) is 0.635. The van der Waals surface area contributed by atoms with Gasteiger partial charge in [-0.3, -0.25) is 5.41 Å². The lowest BCUT2D eigenvalue weighted by molar-refractivity contribution is 0.305. The molecule has 1 heterocycles. The summed E-state index contributed by atoms with van der Waals surface area (Å²) in [7, 11) is 0. The van der Waals surface area contributed by atoms with E-state index in [2.05, 4.69) is 11.9 Å². The number of rotatable bonds is 6. The van der Waals surface area contributed by atoms with Gasteiger partial charge in [0.2, 0.25) is 0 Å². The lowest BCUT2D eigenvalue weighted by Gasteiger charge is -2.03. The highest BCUT2D eigenvalue weighted by atomic mass is 32.1. The molecule has 106 valence electrons. The van der Waals surface area contributed by atoms with Crippen molar-refractivity contribution in [1.82, 2.24) is 4.98 Å². The zero-order valence-electron chi connectivity index (χ0n) is 11.1. The summed E-state index contributed by atoms with van der Waals surface area (Å²) in [5.41, 5.74) is 6.40.